The van der Waals surface area contributed by atoms with E-state index in [1.807, 2.05) is 0 Å². The number of rotatable bonds is 4. The second kappa shape index (κ2) is 5.65. The predicted octanol–water partition coefficient (Wildman–Crippen LogP) is 3.34. The molecule has 0 fully saturated rings. The van der Waals surface area contributed by atoms with Crippen LogP contribution in [0.5, 0.6) is 0 Å². The van der Waals surface area contributed by atoms with Gasteiger partial charge in [-0.2, -0.15) is 0 Å². The Morgan fingerprint density at radius 1 is 0.947 bits per heavy atom. The molecule has 0 aliphatic heterocycles. The highest BCUT2D eigenvalue weighted by Gasteiger charge is 2.03. The summed E-state index contributed by atoms with van der Waals surface area (Å²) in [5.74, 6) is -2.13. The van der Waals surface area contributed by atoms with Crippen molar-refractivity contribution in [3.8, 4) is 0 Å². The van der Waals surface area contributed by atoms with Crippen LogP contribution in [0.15, 0.2) is 36.4 Å². The molecule has 3 N–H and O–H groups in total. The van der Waals surface area contributed by atoms with Gasteiger partial charge in [-0.1, -0.05) is 6.07 Å². The SMILES string of the molecule is Nc1ccc(F)cc1NCCc1ccc(F)c(F)c1. The Morgan fingerprint density at radius 2 is 1.74 bits per heavy atom. The van der Waals surface area contributed by atoms with Crippen LogP contribution >= 0.6 is 0 Å². The van der Waals surface area contributed by atoms with E-state index in [0.717, 1.165) is 12.1 Å². The zero-order chi connectivity index (χ0) is 13.8. The second-order valence-corrected chi connectivity index (χ2v) is 4.16. The van der Waals surface area contributed by atoms with E-state index < -0.39 is 11.6 Å². The largest absolute Gasteiger partial charge is 0.397 e. The fourth-order valence-corrected chi connectivity index (χ4v) is 1.72. The highest BCUT2D eigenvalue weighted by Crippen LogP contribution is 2.19. The van der Waals surface area contributed by atoms with Gasteiger partial charge in [0.1, 0.15) is 5.82 Å². The first-order valence-electron chi connectivity index (χ1n) is 5.79. The van der Waals surface area contributed by atoms with Crippen LogP contribution in [0.4, 0.5) is 24.5 Å². The van der Waals surface area contributed by atoms with Gasteiger partial charge in [-0.3, -0.25) is 0 Å². The first kappa shape index (κ1) is 13.3. The van der Waals surface area contributed by atoms with Crippen molar-refractivity contribution in [2.75, 3.05) is 17.6 Å². The van der Waals surface area contributed by atoms with Crippen LogP contribution in [-0.2, 0) is 6.42 Å². The molecule has 2 aromatic carbocycles. The summed E-state index contributed by atoms with van der Waals surface area (Å²) in [6, 6.07) is 7.77. The minimum absolute atomic E-state index is 0.385. The van der Waals surface area contributed by atoms with Gasteiger partial charge in [0.05, 0.1) is 11.4 Å². The average Bonchev–Trinajstić information content (AvgIpc) is 2.38. The lowest BCUT2D eigenvalue weighted by Crippen LogP contribution is -2.07. The Balaban J connectivity index is 1.96. The summed E-state index contributed by atoms with van der Waals surface area (Å²) < 4.78 is 38.7. The lowest BCUT2D eigenvalue weighted by atomic mass is 10.1. The first-order chi connectivity index (χ1) is 9.06. The van der Waals surface area contributed by atoms with Crippen molar-refractivity contribution in [3.63, 3.8) is 0 Å². The Morgan fingerprint density at radius 3 is 2.47 bits per heavy atom. The van der Waals surface area contributed by atoms with Crippen molar-refractivity contribution < 1.29 is 13.2 Å². The van der Waals surface area contributed by atoms with Crippen molar-refractivity contribution in [2.45, 2.75) is 6.42 Å². The van der Waals surface area contributed by atoms with Crippen LogP contribution in [0, 0.1) is 17.5 Å². The first-order valence-corrected chi connectivity index (χ1v) is 5.79. The van der Waals surface area contributed by atoms with Crippen LogP contribution in [0.1, 0.15) is 5.56 Å². The summed E-state index contributed by atoms with van der Waals surface area (Å²) in [6.07, 6.45) is 0.479. The quantitative estimate of drug-likeness (QED) is 0.833. The second-order valence-electron chi connectivity index (χ2n) is 4.16. The third kappa shape index (κ3) is 3.40. The summed E-state index contributed by atoms with van der Waals surface area (Å²) in [6.45, 7) is 0.443. The Bertz CT molecular complexity index is 585. The van der Waals surface area contributed by atoms with Gasteiger partial charge in [-0.15, -0.1) is 0 Å². The van der Waals surface area contributed by atoms with Crippen molar-refractivity contribution in [3.05, 3.63) is 59.4 Å². The maximum absolute atomic E-state index is 13.0. The molecule has 0 spiro atoms. The third-order valence-corrected chi connectivity index (χ3v) is 2.73. The van der Waals surface area contributed by atoms with E-state index >= 15 is 0 Å². The van der Waals surface area contributed by atoms with Gasteiger partial charge in [0.2, 0.25) is 0 Å². The van der Waals surface area contributed by atoms with Crippen molar-refractivity contribution >= 4 is 11.4 Å². The van der Waals surface area contributed by atoms with Crippen molar-refractivity contribution in [1.29, 1.82) is 0 Å². The Labute approximate surface area is 109 Å². The fraction of sp³-hybridized carbons (Fsp3) is 0.143. The number of hydrogen-bond acceptors (Lipinski definition) is 2. The molecule has 2 rings (SSSR count). The van der Waals surface area contributed by atoms with E-state index in [4.69, 9.17) is 5.73 Å². The standard InChI is InChI=1S/C14H13F3N2/c15-10-2-4-13(18)14(8-10)19-6-5-9-1-3-11(16)12(17)7-9/h1-4,7-8,19H,5-6,18H2. The molecule has 0 atom stereocenters. The molecule has 0 aliphatic rings. The average molecular weight is 266 g/mol. The topological polar surface area (TPSA) is 38.0 Å². The number of nitrogen functional groups attached to an aromatic ring is 1. The molecule has 0 unspecified atom stereocenters. The van der Waals surface area contributed by atoms with Gasteiger partial charge in [0, 0.05) is 6.54 Å². The Hall–Kier alpha value is -2.17. The number of nitrogens with one attached hydrogen (secondary N) is 1. The number of benzene rings is 2. The summed E-state index contributed by atoms with van der Waals surface area (Å²) in [4.78, 5) is 0. The van der Waals surface area contributed by atoms with Gasteiger partial charge >= 0.3 is 0 Å². The van der Waals surface area contributed by atoms with E-state index in [1.165, 1.54) is 24.3 Å². The smallest absolute Gasteiger partial charge is 0.159 e. The third-order valence-electron chi connectivity index (χ3n) is 2.73. The molecular formula is C14H13F3N2. The van der Waals surface area contributed by atoms with Gasteiger partial charge in [0.15, 0.2) is 11.6 Å². The molecule has 2 nitrogen and oxygen atoms in total. The van der Waals surface area contributed by atoms with Crippen molar-refractivity contribution in [2.24, 2.45) is 0 Å². The molecule has 2 aromatic rings. The lowest BCUT2D eigenvalue weighted by Gasteiger charge is -2.09. The monoisotopic (exact) mass is 266 g/mol. The summed E-state index contributed by atoms with van der Waals surface area (Å²) in [5, 5.41) is 2.96. The Kier molecular flexibility index (Phi) is 3.94. The minimum Gasteiger partial charge on any atom is -0.397 e. The van der Waals surface area contributed by atoms with Crippen LogP contribution in [-0.4, -0.2) is 6.54 Å². The van der Waals surface area contributed by atoms with Crippen LogP contribution in [0.2, 0.25) is 0 Å². The van der Waals surface area contributed by atoms with E-state index in [9.17, 15) is 13.2 Å². The maximum atomic E-state index is 13.0. The molecule has 0 aromatic heterocycles. The zero-order valence-electron chi connectivity index (χ0n) is 10.1. The number of anilines is 2. The van der Waals surface area contributed by atoms with E-state index in [0.29, 0.717) is 29.9 Å². The van der Waals surface area contributed by atoms with Crippen LogP contribution < -0.4 is 11.1 Å². The molecule has 0 amide bonds. The van der Waals surface area contributed by atoms with Crippen LogP contribution in [0.25, 0.3) is 0 Å². The van der Waals surface area contributed by atoms with E-state index in [1.54, 1.807) is 0 Å². The summed E-state index contributed by atoms with van der Waals surface area (Å²) in [5.41, 5.74) is 7.25. The maximum Gasteiger partial charge on any atom is 0.159 e. The fourth-order valence-electron chi connectivity index (χ4n) is 1.72. The number of hydrogen-bond donors (Lipinski definition) is 2. The zero-order valence-corrected chi connectivity index (χ0v) is 10.1. The normalized spacial score (nSPS) is 10.5. The molecule has 0 heterocycles. The highest BCUT2D eigenvalue weighted by atomic mass is 19.2. The molecule has 0 saturated carbocycles. The van der Waals surface area contributed by atoms with Crippen molar-refractivity contribution in [1.82, 2.24) is 0 Å². The van der Waals surface area contributed by atoms with Crippen LogP contribution in [0.3, 0.4) is 0 Å². The summed E-state index contributed by atoms with van der Waals surface area (Å²) in [7, 11) is 0. The van der Waals surface area contributed by atoms with E-state index in [2.05, 4.69) is 5.32 Å². The van der Waals surface area contributed by atoms with Gasteiger partial charge in [-0.25, -0.2) is 13.2 Å². The molecule has 19 heavy (non-hydrogen) atoms. The minimum atomic E-state index is -0.872. The highest BCUT2D eigenvalue weighted by molar-refractivity contribution is 5.65. The van der Waals surface area contributed by atoms with E-state index in [-0.39, 0.29) is 5.82 Å². The molecule has 0 aliphatic carbocycles. The molecule has 0 saturated heterocycles. The number of nitrogens with two attached hydrogens (primary N) is 1. The summed E-state index contributed by atoms with van der Waals surface area (Å²) >= 11 is 0. The predicted molar refractivity (Wildman–Crippen MR) is 69.4 cm³/mol. The number of halogens is 3. The lowest BCUT2D eigenvalue weighted by molar-refractivity contribution is 0.507. The molecular weight excluding hydrogens is 253 g/mol. The van der Waals surface area contributed by atoms with Gasteiger partial charge in [0.25, 0.3) is 0 Å². The molecule has 5 heteroatoms. The van der Waals surface area contributed by atoms with Gasteiger partial charge < -0.3 is 11.1 Å². The molecule has 0 bridgehead atoms. The molecule has 100 valence electrons. The molecule has 0 radical (unpaired) electrons. The van der Waals surface area contributed by atoms with Gasteiger partial charge in [-0.05, 0) is 42.3 Å².